The van der Waals surface area contributed by atoms with Crippen LogP contribution >= 0.6 is 11.8 Å². The molecule has 1 fully saturated rings. The van der Waals surface area contributed by atoms with Gasteiger partial charge < -0.3 is 24.4 Å². The lowest BCUT2D eigenvalue weighted by molar-refractivity contribution is 0.371. The molecule has 1 aromatic carbocycles. The number of nitrogens with one attached hydrogen (secondary N) is 1. The van der Waals surface area contributed by atoms with Gasteiger partial charge in [-0.1, -0.05) is 6.07 Å². The molecule has 1 aromatic heterocycles. The van der Waals surface area contributed by atoms with Gasteiger partial charge in [0.25, 0.3) is 0 Å². The van der Waals surface area contributed by atoms with Crippen molar-refractivity contribution in [2.24, 2.45) is 12.0 Å². The van der Waals surface area contributed by atoms with E-state index in [1.165, 1.54) is 5.69 Å². The highest BCUT2D eigenvalue weighted by Crippen LogP contribution is 2.22. The first-order valence-electron chi connectivity index (χ1n) is 10.4. The number of anilines is 1. The van der Waals surface area contributed by atoms with Gasteiger partial charge in [-0.3, -0.25) is 0 Å². The lowest BCUT2D eigenvalue weighted by Crippen LogP contribution is -2.52. The first kappa shape index (κ1) is 22.3. The maximum Gasteiger partial charge on any atom is 0.194 e. The van der Waals surface area contributed by atoms with Gasteiger partial charge in [-0.25, -0.2) is 4.99 Å². The van der Waals surface area contributed by atoms with E-state index in [2.05, 4.69) is 43.7 Å². The van der Waals surface area contributed by atoms with Crippen LogP contribution in [0.2, 0.25) is 0 Å². The van der Waals surface area contributed by atoms with Crippen molar-refractivity contribution in [3.05, 3.63) is 35.9 Å². The van der Waals surface area contributed by atoms with Crippen LogP contribution in [0.15, 0.2) is 29.3 Å². The van der Waals surface area contributed by atoms with E-state index in [0.29, 0.717) is 6.54 Å². The molecule has 2 aromatic rings. The molecular formula is C21H33N7OS. The number of ether oxygens (including phenoxy) is 1. The molecule has 164 valence electrons. The molecule has 3 rings (SSSR count). The third-order valence-corrected chi connectivity index (χ3v) is 6.06. The van der Waals surface area contributed by atoms with Crippen LogP contribution in [0.3, 0.4) is 0 Å². The molecular weight excluding hydrogens is 398 g/mol. The molecule has 0 bridgehead atoms. The maximum atomic E-state index is 5.37. The smallest absolute Gasteiger partial charge is 0.194 e. The number of aromatic nitrogens is 3. The van der Waals surface area contributed by atoms with E-state index in [0.717, 1.165) is 68.3 Å². The van der Waals surface area contributed by atoms with Gasteiger partial charge in [0.1, 0.15) is 18.1 Å². The van der Waals surface area contributed by atoms with E-state index in [-0.39, 0.29) is 0 Å². The van der Waals surface area contributed by atoms with Gasteiger partial charge in [-0.05, 0) is 37.5 Å². The maximum absolute atomic E-state index is 5.37. The topological polar surface area (TPSA) is 70.8 Å². The number of guanidine groups is 1. The Hall–Kier alpha value is -2.42. The van der Waals surface area contributed by atoms with Gasteiger partial charge >= 0.3 is 0 Å². The fraction of sp³-hybridized carbons (Fsp3) is 0.571. The Kier molecular flexibility index (Phi) is 8.24. The number of thioether (sulfide) groups is 1. The number of benzene rings is 1. The molecule has 1 aliphatic rings. The van der Waals surface area contributed by atoms with Gasteiger partial charge in [-0.2, -0.15) is 11.8 Å². The molecule has 0 amide bonds. The monoisotopic (exact) mass is 431 g/mol. The van der Waals surface area contributed by atoms with Crippen molar-refractivity contribution < 1.29 is 4.74 Å². The third kappa shape index (κ3) is 5.81. The van der Waals surface area contributed by atoms with Crippen LogP contribution in [0, 0.1) is 6.92 Å². The summed E-state index contributed by atoms with van der Waals surface area (Å²) in [6, 6.07) is 8.27. The van der Waals surface area contributed by atoms with Gasteiger partial charge in [-0.15, -0.1) is 10.2 Å². The minimum atomic E-state index is 0.526. The molecule has 0 radical (unpaired) electrons. The molecule has 0 unspecified atom stereocenters. The highest BCUT2D eigenvalue weighted by atomic mass is 32.2. The number of hydrogen-bond acceptors (Lipinski definition) is 6. The summed E-state index contributed by atoms with van der Waals surface area (Å²) in [5, 5.41) is 11.9. The minimum Gasteiger partial charge on any atom is -0.497 e. The van der Waals surface area contributed by atoms with Crippen molar-refractivity contribution in [1.82, 2.24) is 25.0 Å². The van der Waals surface area contributed by atoms with Crippen LogP contribution in [0.25, 0.3) is 0 Å². The molecule has 1 N–H and O–H groups in total. The lowest BCUT2D eigenvalue weighted by Gasteiger charge is -2.38. The molecule has 30 heavy (non-hydrogen) atoms. The van der Waals surface area contributed by atoms with Crippen molar-refractivity contribution in [1.29, 1.82) is 0 Å². The molecule has 9 heteroatoms. The number of aryl methyl sites for hydroxylation is 1. The Morgan fingerprint density at radius 2 is 2.03 bits per heavy atom. The molecule has 0 atom stereocenters. The average molecular weight is 432 g/mol. The van der Waals surface area contributed by atoms with E-state index in [1.807, 2.05) is 42.4 Å². The Morgan fingerprint density at radius 1 is 1.23 bits per heavy atom. The Labute approximate surface area is 183 Å². The van der Waals surface area contributed by atoms with Crippen LogP contribution in [0.1, 0.15) is 18.1 Å². The van der Waals surface area contributed by atoms with Crippen molar-refractivity contribution in [3.63, 3.8) is 0 Å². The highest BCUT2D eigenvalue weighted by molar-refractivity contribution is 7.98. The summed E-state index contributed by atoms with van der Waals surface area (Å²) in [5.74, 6) is 4.79. The molecule has 8 nitrogen and oxygen atoms in total. The zero-order chi connectivity index (χ0) is 21.3. The molecule has 2 heterocycles. The van der Waals surface area contributed by atoms with E-state index < -0.39 is 0 Å². The second-order valence-electron chi connectivity index (χ2n) is 7.31. The Morgan fingerprint density at radius 3 is 2.70 bits per heavy atom. The Balaban J connectivity index is 1.64. The second-order valence-corrected chi connectivity index (χ2v) is 8.30. The average Bonchev–Trinajstić information content (AvgIpc) is 3.11. The minimum absolute atomic E-state index is 0.526. The zero-order valence-corrected chi connectivity index (χ0v) is 19.3. The van der Waals surface area contributed by atoms with Gasteiger partial charge in [0.05, 0.1) is 7.11 Å². The van der Waals surface area contributed by atoms with E-state index in [4.69, 9.17) is 9.73 Å². The highest BCUT2D eigenvalue weighted by Gasteiger charge is 2.20. The second kappa shape index (κ2) is 11.1. The predicted octanol–water partition coefficient (Wildman–Crippen LogP) is 2.15. The zero-order valence-electron chi connectivity index (χ0n) is 18.5. The number of aliphatic imine (C=N–C) groups is 1. The van der Waals surface area contributed by atoms with Crippen molar-refractivity contribution >= 4 is 23.4 Å². The van der Waals surface area contributed by atoms with Crippen molar-refractivity contribution in [2.45, 2.75) is 19.9 Å². The summed E-state index contributed by atoms with van der Waals surface area (Å²) in [6.45, 7) is 7.14. The van der Waals surface area contributed by atoms with E-state index in [9.17, 15) is 0 Å². The normalized spacial score (nSPS) is 14.9. The van der Waals surface area contributed by atoms with Crippen LogP contribution in [-0.2, 0) is 13.6 Å². The van der Waals surface area contributed by atoms with Crippen LogP contribution in [0.4, 0.5) is 5.69 Å². The largest absolute Gasteiger partial charge is 0.497 e. The number of hydrogen-bond donors (Lipinski definition) is 1. The number of rotatable bonds is 8. The summed E-state index contributed by atoms with van der Waals surface area (Å²) in [4.78, 5) is 9.62. The van der Waals surface area contributed by atoms with Gasteiger partial charge in [0, 0.05) is 51.5 Å². The first-order chi connectivity index (χ1) is 14.6. The van der Waals surface area contributed by atoms with Gasteiger partial charge in [0.2, 0.25) is 0 Å². The molecule has 0 aliphatic carbocycles. The molecule has 1 aliphatic heterocycles. The quantitative estimate of drug-likeness (QED) is 0.390. The fourth-order valence-corrected chi connectivity index (χ4v) is 3.84. The standard InChI is InChI=1S/C21H33N7OS/c1-17-24-25-20(26(17)2)16-23-21(22-9-6-14-30-4)28-12-10-27(11-13-28)18-7-5-8-19(15-18)29-3/h5,7-8,15H,6,9-14,16H2,1-4H3,(H,22,23). The number of methoxy groups -OCH3 is 1. The SMILES string of the molecule is COc1cccc(N2CCN(C(=NCc3nnc(C)n3C)NCCCSC)CC2)c1. The van der Waals surface area contributed by atoms with E-state index in [1.54, 1.807) is 7.11 Å². The molecule has 0 spiro atoms. The summed E-state index contributed by atoms with van der Waals surface area (Å²) < 4.78 is 7.37. The summed E-state index contributed by atoms with van der Waals surface area (Å²) >= 11 is 1.87. The van der Waals surface area contributed by atoms with Crippen LogP contribution < -0.4 is 15.0 Å². The van der Waals surface area contributed by atoms with Crippen molar-refractivity contribution in [2.75, 3.05) is 56.7 Å². The molecule has 1 saturated heterocycles. The summed E-state index contributed by atoms with van der Waals surface area (Å²) in [6.07, 6.45) is 3.26. The Bertz CT molecular complexity index is 831. The van der Waals surface area contributed by atoms with Crippen LogP contribution in [0.5, 0.6) is 5.75 Å². The summed E-state index contributed by atoms with van der Waals surface area (Å²) in [7, 11) is 3.69. The predicted molar refractivity (Wildman–Crippen MR) is 125 cm³/mol. The van der Waals surface area contributed by atoms with Gasteiger partial charge in [0.15, 0.2) is 11.8 Å². The fourth-order valence-electron chi connectivity index (χ4n) is 3.40. The van der Waals surface area contributed by atoms with E-state index >= 15 is 0 Å². The third-order valence-electron chi connectivity index (χ3n) is 5.36. The van der Waals surface area contributed by atoms with Crippen LogP contribution in [-0.4, -0.2) is 77.5 Å². The lowest BCUT2D eigenvalue weighted by atomic mass is 10.2. The summed E-state index contributed by atoms with van der Waals surface area (Å²) in [5.41, 5.74) is 1.20. The number of piperazine rings is 1. The van der Waals surface area contributed by atoms with Crippen molar-refractivity contribution in [3.8, 4) is 5.75 Å². The molecule has 0 saturated carbocycles. The number of nitrogens with zero attached hydrogens (tertiary/aromatic N) is 6. The first-order valence-corrected chi connectivity index (χ1v) is 11.8.